The quantitative estimate of drug-likeness (QED) is 0.815. The zero-order valence-corrected chi connectivity index (χ0v) is 16.2. The molecule has 2 saturated carbocycles. The van der Waals surface area contributed by atoms with E-state index in [1.165, 1.54) is 19.3 Å². The van der Waals surface area contributed by atoms with Crippen LogP contribution in [0.1, 0.15) is 37.7 Å². The molecule has 1 heterocycles. The average Bonchev–Trinajstić information content (AvgIpc) is 3.17. The summed E-state index contributed by atoms with van der Waals surface area (Å²) in [5.74, 6) is 1.78. The number of aryl methyl sites for hydroxylation is 1. The third kappa shape index (κ3) is 3.29. The highest BCUT2D eigenvalue weighted by Gasteiger charge is 2.44. The van der Waals surface area contributed by atoms with Crippen molar-refractivity contribution >= 4 is 15.9 Å². The molecular formula is C20H28N2O3S. The minimum absolute atomic E-state index is 0.189. The number of amides is 1. The SMILES string of the molecule is Cc1ccc(S(=O)(=O)N2CCCN(C(=O)C3CC4CCC3C4)CC2)cc1. The molecule has 3 fully saturated rings. The van der Waals surface area contributed by atoms with E-state index in [0.717, 1.165) is 17.9 Å². The van der Waals surface area contributed by atoms with E-state index in [2.05, 4.69) is 0 Å². The molecule has 2 aliphatic carbocycles. The second-order valence-corrected chi connectivity index (χ2v) is 10.1. The van der Waals surface area contributed by atoms with Gasteiger partial charge in [-0.3, -0.25) is 4.79 Å². The number of sulfonamides is 1. The number of rotatable bonds is 3. The standard InChI is InChI=1S/C20H28N2O3S/c1-15-3-7-18(8-4-15)26(24,25)22-10-2-9-21(11-12-22)20(23)19-14-16-5-6-17(19)13-16/h3-4,7-8,16-17,19H,2,5-6,9-14H2,1H3. The molecule has 5 nitrogen and oxygen atoms in total. The second kappa shape index (κ2) is 6.97. The molecule has 26 heavy (non-hydrogen) atoms. The van der Waals surface area contributed by atoms with Crippen LogP contribution in [0.4, 0.5) is 0 Å². The van der Waals surface area contributed by atoms with Crippen molar-refractivity contribution in [2.45, 2.75) is 43.9 Å². The summed E-state index contributed by atoms with van der Waals surface area (Å²) < 4.78 is 27.4. The monoisotopic (exact) mass is 376 g/mol. The van der Waals surface area contributed by atoms with E-state index < -0.39 is 10.0 Å². The van der Waals surface area contributed by atoms with Gasteiger partial charge in [-0.25, -0.2) is 8.42 Å². The number of fused-ring (bicyclic) bond motifs is 2. The van der Waals surface area contributed by atoms with Crippen molar-refractivity contribution in [3.63, 3.8) is 0 Å². The van der Waals surface area contributed by atoms with E-state index in [9.17, 15) is 13.2 Å². The van der Waals surface area contributed by atoms with Crippen LogP contribution in [0.2, 0.25) is 0 Å². The van der Waals surface area contributed by atoms with Crippen LogP contribution in [0.25, 0.3) is 0 Å². The molecule has 3 atom stereocenters. The van der Waals surface area contributed by atoms with Crippen LogP contribution in [0.15, 0.2) is 29.2 Å². The Morgan fingerprint density at radius 2 is 1.77 bits per heavy atom. The number of hydrogen-bond donors (Lipinski definition) is 0. The Balaban J connectivity index is 1.43. The molecule has 0 radical (unpaired) electrons. The molecule has 1 amide bonds. The summed E-state index contributed by atoms with van der Waals surface area (Å²) in [4.78, 5) is 15.2. The van der Waals surface area contributed by atoms with Crippen LogP contribution in [0, 0.1) is 24.7 Å². The molecule has 3 aliphatic rings. The molecule has 142 valence electrons. The van der Waals surface area contributed by atoms with E-state index in [1.54, 1.807) is 16.4 Å². The summed E-state index contributed by atoms with van der Waals surface area (Å²) in [6, 6.07) is 7.01. The predicted octanol–water partition coefficient (Wildman–Crippen LogP) is 2.65. The van der Waals surface area contributed by atoms with E-state index in [0.29, 0.717) is 43.4 Å². The van der Waals surface area contributed by atoms with Crippen molar-refractivity contribution in [1.82, 2.24) is 9.21 Å². The number of hydrogen-bond acceptors (Lipinski definition) is 3. The van der Waals surface area contributed by atoms with Gasteiger partial charge in [0.05, 0.1) is 4.90 Å². The largest absolute Gasteiger partial charge is 0.341 e. The van der Waals surface area contributed by atoms with Gasteiger partial charge in [-0.15, -0.1) is 0 Å². The molecule has 1 aromatic rings. The molecule has 2 bridgehead atoms. The van der Waals surface area contributed by atoms with Crippen LogP contribution < -0.4 is 0 Å². The summed E-state index contributed by atoms with van der Waals surface area (Å²) in [7, 11) is -3.48. The van der Waals surface area contributed by atoms with E-state index >= 15 is 0 Å². The third-order valence-electron chi connectivity index (χ3n) is 6.48. The van der Waals surface area contributed by atoms with Gasteiger partial charge in [-0.05, 0) is 56.6 Å². The van der Waals surface area contributed by atoms with Gasteiger partial charge in [-0.1, -0.05) is 24.1 Å². The van der Waals surface area contributed by atoms with Crippen molar-refractivity contribution in [2.75, 3.05) is 26.2 Å². The zero-order chi connectivity index (χ0) is 18.3. The second-order valence-electron chi connectivity index (χ2n) is 8.18. The molecule has 0 aromatic heterocycles. The first-order chi connectivity index (χ1) is 12.4. The number of carbonyl (C=O) groups is 1. The van der Waals surface area contributed by atoms with Gasteiger partial charge in [0, 0.05) is 32.1 Å². The maximum absolute atomic E-state index is 13.0. The Morgan fingerprint density at radius 1 is 1.00 bits per heavy atom. The fourth-order valence-corrected chi connectivity index (χ4v) is 6.47. The molecule has 0 N–H and O–H groups in total. The van der Waals surface area contributed by atoms with Crippen molar-refractivity contribution in [2.24, 2.45) is 17.8 Å². The zero-order valence-electron chi connectivity index (χ0n) is 15.4. The fourth-order valence-electron chi connectivity index (χ4n) is 5.00. The minimum atomic E-state index is -3.48. The first-order valence-corrected chi connectivity index (χ1v) is 11.2. The fraction of sp³-hybridized carbons (Fsp3) is 0.650. The molecule has 1 aromatic carbocycles. The lowest BCUT2D eigenvalue weighted by Crippen LogP contribution is -2.41. The smallest absolute Gasteiger partial charge is 0.243 e. The highest BCUT2D eigenvalue weighted by molar-refractivity contribution is 7.89. The Hall–Kier alpha value is -1.40. The first-order valence-electron chi connectivity index (χ1n) is 9.81. The molecule has 1 saturated heterocycles. The highest BCUT2D eigenvalue weighted by Crippen LogP contribution is 2.48. The molecule has 1 aliphatic heterocycles. The van der Waals surface area contributed by atoms with Crippen LogP contribution >= 0.6 is 0 Å². The highest BCUT2D eigenvalue weighted by atomic mass is 32.2. The summed E-state index contributed by atoms with van der Waals surface area (Å²) in [5, 5.41) is 0. The third-order valence-corrected chi connectivity index (χ3v) is 8.39. The molecule has 3 unspecified atom stereocenters. The van der Waals surface area contributed by atoms with Crippen molar-refractivity contribution in [3.8, 4) is 0 Å². The number of nitrogens with zero attached hydrogens (tertiary/aromatic N) is 2. The van der Waals surface area contributed by atoms with Gasteiger partial charge in [0.25, 0.3) is 0 Å². The molecule has 6 heteroatoms. The van der Waals surface area contributed by atoms with E-state index in [1.807, 2.05) is 24.0 Å². The van der Waals surface area contributed by atoms with Gasteiger partial charge < -0.3 is 4.90 Å². The lowest BCUT2D eigenvalue weighted by Gasteiger charge is -2.28. The summed E-state index contributed by atoms with van der Waals surface area (Å²) in [6.07, 6.45) is 5.46. The van der Waals surface area contributed by atoms with E-state index in [-0.39, 0.29) is 11.8 Å². The van der Waals surface area contributed by atoms with Crippen molar-refractivity contribution < 1.29 is 13.2 Å². The average molecular weight is 377 g/mol. The number of carbonyl (C=O) groups excluding carboxylic acids is 1. The molecule has 0 spiro atoms. The summed E-state index contributed by atoms with van der Waals surface area (Å²) in [6.45, 7) is 4.01. The number of benzene rings is 1. The molecule has 4 rings (SSSR count). The van der Waals surface area contributed by atoms with Crippen LogP contribution in [0.3, 0.4) is 0 Å². The lowest BCUT2D eigenvalue weighted by atomic mass is 9.87. The van der Waals surface area contributed by atoms with Crippen LogP contribution in [-0.4, -0.2) is 49.7 Å². The lowest BCUT2D eigenvalue weighted by molar-refractivity contribution is -0.137. The summed E-state index contributed by atoms with van der Waals surface area (Å²) >= 11 is 0. The predicted molar refractivity (Wildman–Crippen MR) is 100 cm³/mol. The Morgan fingerprint density at radius 3 is 2.42 bits per heavy atom. The van der Waals surface area contributed by atoms with Crippen LogP contribution in [-0.2, 0) is 14.8 Å². The van der Waals surface area contributed by atoms with Gasteiger partial charge in [-0.2, -0.15) is 4.31 Å². The minimum Gasteiger partial charge on any atom is -0.341 e. The maximum Gasteiger partial charge on any atom is 0.243 e. The molecular weight excluding hydrogens is 348 g/mol. The van der Waals surface area contributed by atoms with Gasteiger partial charge >= 0.3 is 0 Å². The summed E-state index contributed by atoms with van der Waals surface area (Å²) in [5.41, 5.74) is 1.04. The topological polar surface area (TPSA) is 57.7 Å². The Kier molecular flexibility index (Phi) is 4.82. The normalized spacial score (nSPS) is 29.7. The van der Waals surface area contributed by atoms with E-state index in [4.69, 9.17) is 0 Å². The van der Waals surface area contributed by atoms with Crippen LogP contribution in [0.5, 0.6) is 0 Å². The Labute approximate surface area is 156 Å². The first kappa shape index (κ1) is 18.0. The van der Waals surface area contributed by atoms with Gasteiger partial charge in [0.1, 0.15) is 0 Å². The van der Waals surface area contributed by atoms with Crippen molar-refractivity contribution in [3.05, 3.63) is 29.8 Å². The van der Waals surface area contributed by atoms with Crippen molar-refractivity contribution in [1.29, 1.82) is 0 Å². The maximum atomic E-state index is 13.0. The van der Waals surface area contributed by atoms with Gasteiger partial charge in [0.15, 0.2) is 0 Å². The Bertz CT molecular complexity index is 775. The van der Waals surface area contributed by atoms with Gasteiger partial charge in [0.2, 0.25) is 15.9 Å².